The molecule has 3 rings (SSSR count). The zero-order chi connectivity index (χ0) is 22.1. The predicted molar refractivity (Wildman–Crippen MR) is 120 cm³/mol. The Labute approximate surface area is 180 Å². The lowest BCUT2D eigenvalue weighted by Crippen LogP contribution is -2.55. The van der Waals surface area contributed by atoms with E-state index in [9.17, 15) is 9.59 Å². The van der Waals surface area contributed by atoms with Gasteiger partial charge in [-0.25, -0.2) is 0 Å². The number of hydrogen-bond acceptors (Lipinski definition) is 4. The fourth-order valence-corrected chi connectivity index (χ4v) is 4.19. The van der Waals surface area contributed by atoms with Gasteiger partial charge in [-0.3, -0.25) is 9.59 Å². The number of aryl methyl sites for hydroxylation is 1. The van der Waals surface area contributed by atoms with Gasteiger partial charge in [0.2, 0.25) is 11.8 Å². The van der Waals surface area contributed by atoms with E-state index in [2.05, 4.69) is 24.0 Å². The molecule has 1 saturated heterocycles. The summed E-state index contributed by atoms with van der Waals surface area (Å²) >= 11 is 0. The minimum atomic E-state index is -0.788. The van der Waals surface area contributed by atoms with Crippen molar-refractivity contribution in [2.45, 2.75) is 77.1 Å². The van der Waals surface area contributed by atoms with Crippen LogP contribution in [0.15, 0.2) is 36.9 Å². The average Bonchev–Trinajstić information content (AvgIpc) is 3.28. The Bertz CT molecular complexity index is 721. The van der Waals surface area contributed by atoms with Crippen LogP contribution in [0.4, 0.5) is 0 Å². The van der Waals surface area contributed by atoms with Crippen molar-refractivity contribution in [3.63, 3.8) is 0 Å². The van der Waals surface area contributed by atoms with Crippen LogP contribution in [0.1, 0.15) is 63.6 Å². The van der Waals surface area contributed by atoms with Gasteiger partial charge in [0.15, 0.2) is 0 Å². The van der Waals surface area contributed by atoms with Crippen LogP contribution >= 0.6 is 0 Å². The molecule has 2 amide bonds. The summed E-state index contributed by atoms with van der Waals surface area (Å²) in [5, 5.41) is 3.19. The Morgan fingerprint density at radius 1 is 1.30 bits per heavy atom. The molecule has 1 heterocycles. The van der Waals surface area contributed by atoms with E-state index < -0.39 is 18.2 Å². The Morgan fingerprint density at radius 3 is 2.77 bits per heavy atom. The van der Waals surface area contributed by atoms with Crippen molar-refractivity contribution < 1.29 is 14.3 Å². The number of hydrogen-bond donors (Lipinski definition) is 2. The maximum Gasteiger partial charge on any atom is 0.243 e. The van der Waals surface area contributed by atoms with Crippen molar-refractivity contribution in [3.05, 3.63) is 48.0 Å². The molecule has 1 aliphatic heterocycles. The second-order valence-corrected chi connectivity index (χ2v) is 7.69. The number of amides is 2. The van der Waals surface area contributed by atoms with Crippen molar-refractivity contribution in [3.8, 4) is 0 Å². The molecule has 1 aliphatic carbocycles. The molecule has 6 heteroatoms. The van der Waals surface area contributed by atoms with Gasteiger partial charge in [0.05, 0.1) is 18.8 Å². The number of benzene rings is 1. The first-order valence-corrected chi connectivity index (χ1v) is 11.2. The summed E-state index contributed by atoms with van der Waals surface area (Å²) in [6.07, 6.45) is 5.70. The first kappa shape index (κ1) is 24.1. The molecule has 0 spiro atoms. The van der Waals surface area contributed by atoms with Crippen molar-refractivity contribution in [2.24, 2.45) is 5.73 Å². The van der Waals surface area contributed by atoms with Gasteiger partial charge in [0.1, 0.15) is 12.1 Å². The summed E-state index contributed by atoms with van der Waals surface area (Å²) in [6, 6.07) is 7.03. The summed E-state index contributed by atoms with van der Waals surface area (Å²) in [6.45, 7) is 10.3. The molecule has 0 saturated carbocycles. The highest BCUT2D eigenvalue weighted by atomic mass is 16.5. The monoisotopic (exact) mass is 415 g/mol. The zero-order valence-electron chi connectivity index (χ0n) is 18.6. The number of nitrogens with zero attached hydrogens (tertiary/aromatic N) is 1. The van der Waals surface area contributed by atoms with Crippen LogP contribution in [-0.2, 0) is 20.7 Å². The number of fused-ring (bicyclic) bond motifs is 1. The zero-order valence-corrected chi connectivity index (χ0v) is 18.6. The highest BCUT2D eigenvalue weighted by Crippen LogP contribution is 2.30. The topological polar surface area (TPSA) is 84.7 Å². The molecule has 0 radical (unpaired) electrons. The molecule has 6 nitrogen and oxygen atoms in total. The Kier molecular flexibility index (Phi) is 9.53. The van der Waals surface area contributed by atoms with E-state index in [4.69, 9.17) is 10.5 Å². The van der Waals surface area contributed by atoms with E-state index in [1.165, 1.54) is 11.1 Å². The Morgan fingerprint density at radius 2 is 2.03 bits per heavy atom. The molecular weight excluding hydrogens is 378 g/mol. The number of nitrogens with two attached hydrogens (primary N) is 1. The van der Waals surface area contributed by atoms with Gasteiger partial charge >= 0.3 is 0 Å². The van der Waals surface area contributed by atoms with Crippen molar-refractivity contribution in [1.82, 2.24) is 10.2 Å². The molecule has 2 aliphatic rings. The minimum absolute atomic E-state index is 0.0125. The minimum Gasteiger partial charge on any atom is -0.372 e. The lowest BCUT2D eigenvalue weighted by molar-refractivity contribution is -0.142. The van der Waals surface area contributed by atoms with Crippen molar-refractivity contribution in [2.75, 3.05) is 13.2 Å². The van der Waals surface area contributed by atoms with Gasteiger partial charge in [-0.05, 0) is 50.2 Å². The van der Waals surface area contributed by atoms with Crippen LogP contribution in [0, 0.1) is 0 Å². The maximum absolute atomic E-state index is 13.0. The Hall–Kier alpha value is -2.18. The third-order valence-electron chi connectivity index (χ3n) is 5.79. The van der Waals surface area contributed by atoms with Crippen LogP contribution in [0.3, 0.4) is 0 Å². The summed E-state index contributed by atoms with van der Waals surface area (Å²) in [5.41, 5.74) is 8.60. The summed E-state index contributed by atoms with van der Waals surface area (Å²) in [4.78, 5) is 27.5. The van der Waals surface area contributed by atoms with Gasteiger partial charge < -0.3 is 20.7 Å². The van der Waals surface area contributed by atoms with E-state index in [1.54, 1.807) is 17.9 Å². The summed E-state index contributed by atoms with van der Waals surface area (Å²) < 4.78 is 5.50. The maximum atomic E-state index is 13.0. The SMILES string of the molecule is C=CCOC(C)C(N)C(=O)N1CCCC1C(=O)NC1CCCc2ccccc21.CC. The molecule has 0 bridgehead atoms. The molecule has 4 atom stereocenters. The second-order valence-electron chi connectivity index (χ2n) is 7.69. The van der Waals surface area contributed by atoms with Crippen molar-refractivity contribution >= 4 is 11.8 Å². The lowest BCUT2D eigenvalue weighted by Gasteiger charge is -2.31. The third-order valence-corrected chi connectivity index (χ3v) is 5.79. The highest BCUT2D eigenvalue weighted by molar-refractivity contribution is 5.90. The molecule has 30 heavy (non-hydrogen) atoms. The van der Waals surface area contributed by atoms with Crippen LogP contribution < -0.4 is 11.1 Å². The number of likely N-dealkylation sites (tertiary alicyclic amines) is 1. The number of carbonyl (C=O) groups is 2. The molecule has 0 aromatic heterocycles. The second kappa shape index (κ2) is 11.9. The van der Waals surface area contributed by atoms with Gasteiger partial charge in [-0.2, -0.15) is 0 Å². The lowest BCUT2D eigenvalue weighted by atomic mass is 9.87. The molecule has 4 unspecified atom stereocenters. The first-order chi connectivity index (χ1) is 14.5. The quantitative estimate of drug-likeness (QED) is 0.670. The van der Waals surface area contributed by atoms with E-state index in [0.717, 1.165) is 25.7 Å². The van der Waals surface area contributed by atoms with Gasteiger partial charge in [-0.15, -0.1) is 6.58 Å². The van der Waals surface area contributed by atoms with Crippen molar-refractivity contribution in [1.29, 1.82) is 0 Å². The number of nitrogens with one attached hydrogen (secondary N) is 1. The van der Waals surface area contributed by atoms with E-state index in [1.807, 2.05) is 26.0 Å². The fraction of sp³-hybridized carbons (Fsp3) is 0.583. The molecule has 1 aromatic rings. The molecule has 1 fully saturated rings. The predicted octanol–water partition coefficient (Wildman–Crippen LogP) is 3.12. The van der Waals surface area contributed by atoms with Crippen LogP contribution in [0.2, 0.25) is 0 Å². The normalized spacial score (nSPS) is 22.2. The van der Waals surface area contributed by atoms with Crippen LogP contribution in [0.25, 0.3) is 0 Å². The summed E-state index contributed by atoms with van der Waals surface area (Å²) in [5.74, 6) is -0.308. The molecule has 3 N–H and O–H groups in total. The number of rotatable bonds is 7. The highest BCUT2D eigenvalue weighted by Gasteiger charge is 2.38. The molecule has 1 aromatic carbocycles. The van der Waals surface area contributed by atoms with E-state index >= 15 is 0 Å². The molecule has 166 valence electrons. The Balaban J connectivity index is 0.00000155. The first-order valence-electron chi connectivity index (χ1n) is 11.2. The van der Waals surface area contributed by atoms with Crippen LogP contribution in [-0.4, -0.2) is 48.1 Å². The van der Waals surface area contributed by atoms with E-state index in [-0.39, 0.29) is 17.9 Å². The van der Waals surface area contributed by atoms with Gasteiger partial charge in [0.25, 0.3) is 0 Å². The summed E-state index contributed by atoms with van der Waals surface area (Å²) in [7, 11) is 0. The van der Waals surface area contributed by atoms with E-state index in [0.29, 0.717) is 19.6 Å². The number of carbonyl (C=O) groups excluding carboxylic acids is 2. The third kappa shape index (κ3) is 5.70. The van der Waals surface area contributed by atoms with Gasteiger partial charge in [-0.1, -0.05) is 44.2 Å². The smallest absolute Gasteiger partial charge is 0.243 e. The van der Waals surface area contributed by atoms with Crippen LogP contribution in [0.5, 0.6) is 0 Å². The van der Waals surface area contributed by atoms with Gasteiger partial charge in [0, 0.05) is 6.54 Å². The largest absolute Gasteiger partial charge is 0.372 e. The fourth-order valence-electron chi connectivity index (χ4n) is 4.19. The standard InChI is InChI=1S/C22H31N3O3.C2H6/c1-3-14-28-15(2)20(23)22(27)25-13-7-12-19(25)21(26)24-18-11-6-9-16-8-4-5-10-17(16)18;1-2/h3-5,8,10,15,18-20H,1,6-7,9,11-14,23H2,2H3,(H,24,26);1-2H3. The average molecular weight is 416 g/mol. The number of ether oxygens (including phenoxy) is 1. The molecular formula is C24H37N3O3.